The van der Waals surface area contributed by atoms with Crippen LogP contribution < -0.4 is 0 Å². The number of hydrogen-bond donors (Lipinski definition) is 0. The Hall–Kier alpha value is -1.45. The van der Waals surface area contributed by atoms with Crippen molar-refractivity contribution < 1.29 is 9.53 Å². The molecule has 0 unspecified atom stereocenters. The number of halogens is 1. The topological polar surface area (TPSA) is 29.6 Å². The minimum absolute atomic E-state index is 0.0588. The molecule has 2 atom stereocenters. The molecule has 1 saturated heterocycles. The number of benzene rings is 2. The molecule has 2 aromatic carbocycles. The first-order chi connectivity index (χ1) is 8.75. The second-order valence-electron chi connectivity index (χ2n) is 4.26. The van der Waals surface area contributed by atoms with Crippen LogP contribution in [0.25, 0.3) is 0 Å². The monoisotopic (exact) mass is 302 g/mol. The van der Waals surface area contributed by atoms with Crippen LogP contribution in [0.3, 0.4) is 0 Å². The van der Waals surface area contributed by atoms with Gasteiger partial charge in [0.25, 0.3) is 0 Å². The Labute approximate surface area is 114 Å². The quantitative estimate of drug-likeness (QED) is 0.638. The first kappa shape index (κ1) is 11.6. The summed E-state index contributed by atoms with van der Waals surface area (Å²) in [5.41, 5.74) is 1.76. The van der Waals surface area contributed by atoms with Crippen molar-refractivity contribution in [2.45, 2.75) is 12.2 Å². The Bertz CT molecular complexity index is 563. The highest BCUT2D eigenvalue weighted by atomic mass is 79.9. The second-order valence-corrected chi connectivity index (χ2v) is 5.17. The molecule has 0 radical (unpaired) electrons. The molecule has 1 aliphatic heterocycles. The van der Waals surface area contributed by atoms with E-state index in [2.05, 4.69) is 15.9 Å². The van der Waals surface area contributed by atoms with Gasteiger partial charge in [-0.3, -0.25) is 4.79 Å². The van der Waals surface area contributed by atoms with Crippen molar-refractivity contribution in [2.24, 2.45) is 0 Å². The van der Waals surface area contributed by atoms with Gasteiger partial charge in [-0.1, -0.05) is 58.4 Å². The van der Waals surface area contributed by atoms with Gasteiger partial charge in [-0.25, -0.2) is 0 Å². The molecule has 3 heteroatoms. The number of epoxide rings is 1. The number of hydrogen-bond acceptors (Lipinski definition) is 2. The van der Waals surface area contributed by atoms with Crippen molar-refractivity contribution in [1.29, 1.82) is 0 Å². The molecule has 0 saturated carbocycles. The van der Waals surface area contributed by atoms with E-state index < -0.39 is 0 Å². The number of ether oxygens (including phenoxy) is 1. The summed E-state index contributed by atoms with van der Waals surface area (Å²) in [4.78, 5) is 12.1. The molecule has 18 heavy (non-hydrogen) atoms. The number of Topliss-reactive ketones (excluding diaryl/α,β-unsaturated/α-hetero) is 1. The lowest BCUT2D eigenvalue weighted by atomic mass is 10.0. The smallest absolute Gasteiger partial charge is 0.194 e. The second kappa shape index (κ2) is 4.67. The van der Waals surface area contributed by atoms with Crippen molar-refractivity contribution in [2.75, 3.05) is 0 Å². The zero-order valence-corrected chi connectivity index (χ0v) is 11.1. The van der Waals surface area contributed by atoms with Gasteiger partial charge in [-0.05, 0) is 17.7 Å². The van der Waals surface area contributed by atoms with Crippen LogP contribution in [0.15, 0.2) is 59.1 Å². The van der Waals surface area contributed by atoms with Crippen molar-refractivity contribution in [3.8, 4) is 0 Å². The number of carbonyl (C=O) groups excluding carboxylic acids is 1. The highest BCUT2D eigenvalue weighted by Gasteiger charge is 2.45. The predicted molar refractivity (Wildman–Crippen MR) is 72.5 cm³/mol. The Morgan fingerprint density at radius 3 is 2.33 bits per heavy atom. The Kier molecular flexibility index (Phi) is 3.02. The molecule has 2 nitrogen and oxygen atoms in total. The minimum Gasteiger partial charge on any atom is -0.356 e. The van der Waals surface area contributed by atoms with Gasteiger partial charge >= 0.3 is 0 Å². The molecule has 0 aromatic heterocycles. The highest BCUT2D eigenvalue weighted by Crippen LogP contribution is 2.40. The molecule has 1 fully saturated rings. The number of carbonyl (C=O) groups is 1. The predicted octanol–water partition coefficient (Wildman–Crippen LogP) is 3.77. The summed E-state index contributed by atoms with van der Waals surface area (Å²) in [7, 11) is 0. The summed E-state index contributed by atoms with van der Waals surface area (Å²) in [6.45, 7) is 0. The van der Waals surface area contributed by atoms with Gasteiger partial charge in [-0.2, -0.15) is 0 Å². The molecule has 90 valence electrons. The Morgan fingerprint density at radius 2 is 1.67 bits per heavy atom. The van der Waals surface area contributed by atoms with Gasteiger partial charge in [0.1, 0.15) is 6.10 Å². The van der Waals surface area contributed by atoms with Gasteiger partial charge in [-0.15, -0.1) is 0 Å². The van der Waals surface area contributed by atoms with Crippen LogP contribution in [0.5, 0.6) is 0 Å². The third-order valence-electron chi connectivity index (χ3n) is 3.01. The maximum absolute atomic E-state index is 12.1. The molecule has 1 heterocycles. The molecule has 0 amide bonds. The van der Waals surface area contributed by atoms with Gasteiger partial charge in [0.2, 0.25) is 0 Å². The highest BCUT2D eigenvalue weighted by molar-refractivity contribution is 9.10. The maximum atomic E-state index is 12.1. The van der Waals surface area contributed by atoms with Crippen molar-refractivity contribution in [3.63, 3.8) is 0 Å². The Balaban J connectivity index is 1.75. The molecule has 1 aliphatic rings. The van der Waals surface area contributed by atoms with E-state index in [1.165, 1.54) is 0 Å². The van der Waals surface area contributed by atoms with E-state index in [1.807, 2.05) is 54.6 Å². The third kappa shape index (κ3) is 2.24. The van der Waals surface area contributed by atoms with E-state index in [1.54, 1.807) is 0 Å². The summed E-state index contributed by atoms with van der Waals surface area (Å²) in [5, 5.41) is 0. The molecular formula is C15H11BrO2. The first-order valence-corrected chi connectivity index (χ1v) is 6.55. The summed E-state index contributed by atoms with van der Waals surface area (Å²) in [5.74, 6) is 0.0588. The van der Waals surface area contributed by atoms with Crippen LogP contribution in [0.2, 0.25) is 0 Å². The lowest BCUT2D eigenvalue weighted by Crippen LogP contribution is -2.07. The van der Waals surface area contributed by atoms with E-state index >= 15 is 0 Å². The zero-order valence-electron chi connectivity index (χ0n) is 9.55. The van der Waals surface area contributed by atoms with Crippen molar-refractivity contribution >= 4 is 21.7 Å². The standard InChI is InChI=1S/C15H11BrO2/c16-12-8-6-11(7-9-12)14-15(18-14)13(17)10-4-2-1-3-5-10/h1-9,14-15H/t14-,15+/m1/s1. The number of rotatable bonds is 3. The van der Waals surface area contributed by atoms with Gasteiger partial charge in [0, 0.05) is 10.0 Å². The van der Waals surface area contributed by atoms with Crippen LogP contribution >= 0.6 is 15.9 Å². The fourth-order valence-corrected chi connectivity index (χ4v) is 2.25. The largest absolute Gasteiger partial charge is 0.356 e. The summed E-state index contributed by atoms with van der Waals surface area (Å²) >= 11 is 3.39. The average Bonchev–Trinajstić information content (AvgIpc) is 3.20. The van der Waals surface area contributed by atoms with Crippen LogP contribution in [-0.2, 0) is 4.74 Å². The molecule has 0 aliphatic carbocycles. The fourth-order valence-electron chi connectivity index (χ4n) is 1.98. The summed E-state index contributed by atoms with van der Waals surface area (Å²) < 4.78 is 6.52. The van der Waals surface area contributed by atoms with E-state index in [9.17, 15) is 4.79 Å². The van der Waals surface area contributed by atoms with Crippen LogP contribution in [0.4, 0.5) is 0 Å². The fraction of sp³-hybridized carbons (Fsp3) is 0.133. The third-order valence-corrected chi connectivity index (χ3v) is 3.54. The van der Waals surface area contributed by atoms with Gasteiger partial charge in [0.15, 0.2) is 11.9 Å². The number of ketones is 1. The lowest BCUT2D eigenvalue weighted by Gasteiger charge is -1.97. The van der Waals surface area contributed by atoms with Gasteiger partial charge in [0.05, 0.1) is 0 Å². The van der Waals surface area contributed by atoms with Crippen molar-refractivity contribution in [1.82, 2.24) is 0 Å². The zero-order chi connectivity index (χ0) is 12.5. The van der Waals surface area contributed by atoms with Crippen LogP contribution in [0.1, 0.15) is 22.0 Å². The van der Waals surface area contributed by atoms with Gasteiger partial charge < -0.3 is 4.74 Å². The lowest BCUT2D eigenvalue weighted by molar-refractivity contribution is 0.0953. The minimum atomic E-state index is -0.325. The van der Waals surface area contributed by atoms with E-state index in [0.29, 0.717) is 5.56 Å². The summed E-state index contributed by atoms with van der Waals surface area (Å²) in [6, 6.07) is 17.2. The van der Waals surface area contributed by atoms with E-state index in [4.69, 9.17) is 4.74 Å². The van der Waals surface area contributed by atoms with Crippen LogP contribution in [-0.4, -0.2) is 11.9 Å². The molecule has 0 N–H and O–H groups in total. The molecule has 0 spiro atoms. The maximum Gasteiger partial charge on any atom is 0.194 e. The first-order valence-electron chi connectivity index (χ1n) is 5.76. The molecule has 2 aromatic rings. The van der Waals surface area contributed by atoms with Crippen molar-refractivity contribution in [3.05, 3.63) is 70.2 Å². The van der Waals surface area contributed by atoms with E-state index in [-0.39, 0.29) is 18.0 Å². The molecule has 3 rings (SSSR count). The molecular weight excluding hydrogens is 292 g/mol. The van der Waals surface area contributed by atoms with Crippen LogP contribution in [0, 0.1) is 0 Å². The SMILES string of the molecule is O=C(c1ccccc1)[C@@H]1O[C@@H]1c1ccc(Br)cc1. The Morgan fingerprint density at radius 1 is 1.00 bits per heavy atom. The molecule has 0 bridgehead atoms. The normalized spacial score (nSPS) is 21.6. The summed E-state index contributed by atoms with van der Waals surface area (Å²) in [6.07, 6.45) is -0.417. The average molecular weight is 303 g/mol. The van der Waals surface area contributed by atoms with E-state index in [0.717, 1.165) is 10.0 Å².